The number of hydrogen-bond acceptors (Lipinski definition) is 3. The minimum atomic E-state index is -0.296. The summed E-state index contributed by atoms with van der Waals surface area (Å²) in [5, 5.41) is 3.98. The Morgan fingerprint density at radius 3 is 2.52 bits per heavy atom. The summed E-state index contributed by atoms with van der Waals surface area (Å²) in [5.41, 5.74) is 2.39. The van der Waals surface area contributed by atoms with Crippen LogP contribution in [0.5, 0.6) is 11.5 Å². The summed E-state index contributed by atoms with van der Waals surface area (Å²) < 4.78 is 27.1. The lowest BCUT2D eigenvalue weighted by Crippen LogP contribution is -2.04. The Kier molecular flexibility index (Phi) is 7.81. The Hall–Kier alpha value is -1.76. The second kappa shape index (κ2) is 10.3. The van der Waals surface area contributed by atoms with Crippen molar-refractivity contribution >= 4 is 49.1 Å². The van der Waals surface area contributed by atoms with Gasteiger partial charge in [-0.05, 0) is 80.7 Å². The van der Waals surface area contributed by atoms with E-state index in [-0.39, 0.29) is 12.4 Å². The van der Waals surface area contributed by atoms with Crippen molar-refractivity contribution in [3.05, 3.63) is 85.5 Å². The predicted molar refractivity (Wildman–Crippen MR) is 123 cm³/mol. The van der Waals surface area contributed by atoms with Crippen LogP contribution in [0.4, 0.5) is 10.1 Å². The molecule has 3 nitrogen and oxygen atoms in total. The van der Waals surface area contributed by atoms with Crippen LogP contribution in [0.2, 0.25) is 5.02 Å². The van der Waals surface area contributed by atoms with Gasteiger partial charge in [0.15, 0.2) is 11.5 Å². The Balaban J connectivity index is 1.76. The monoisotopic (exact) mass is 541 g/mol. The third-order valence-electron chi connectivity index (χ3n) is 4.12. The van der Waals surface area contributed by atoms with Gasteiger partial charge >= 0.3 is 0 Å². The highest BCUT2D eigenvalue weighted by Crippen LogP contribution is 2.38. The highest BCUT2D eigenvalue weighted by Gasteiger charge is 2.14. The average molecular weight is 544 g/mol. The topological polar surface area (TPSA) is 30.5 Å². The maximum Gasteiger partial charge on any atom is 0.175 e. The third-order valence-corrected chi connectivity index (χ3v) is 5.94. The van der Waals surface area contributed by atoms with E-state index in [4.69, 9.17) is 21.1 Å². The van der Waals surface area contributed by atoms with Crippen LogP contribution in [0, 0.1) is 5.82 Å². The molecule has 0 atom stereocenters. The Morgan fingerprint density at radius 2 is 1.79 bits per heavy atom. The molecular formula is C22H19Br2ClFNO2. The molecule has 0 bridgehead atoms. The maximum absolute atomic E-state index is 13.9. The maximum atomic E-state index is 13.9. The number of ether oxygens (including phenoxy) is 2. The van der Waals surface area contributed by atoms with E-state index in [2.05, 4.69) is 37.2 Å². The molecule has 0 radical (unpaired) electrons. The first kappa shape index (κ1) is 21.9. The molecule has 3 aromatic carbocycles. The van der Waals surface area contributed by atoms with Crippen molar-refractivity contribution < 1.29 is 13.9 Å². The summed E-state index contributed by atoms with van der Waals surface area (Å²) in [5.74, 6) is 0.852. The third kappa shape index (κ3) is 5.87. The molecule has 1 N–H and O–H groups in total. The molecule has 0 aliphatic heterocycles. The van der Waals surface area contributed by atoms with Crippen LogP contribution in [0.15, 0.2) is 63.5 Å². The second-order valence-corrected chi connectivity index (χ2v) is 8.32. The molecule has 0 saturated heterocycles. The molecule has 0 aromatic heterocycles. The van der Waals surface area contributed by atoms with E-state index in [1.54, 1.807) is 18.2 Å². The molecule has 0 aliphatic carbocycles. The summed E-state index contributed by atoms with van der Waals surface area (Å²) in [6.07, 6.45) is 0. The Morgan fingerprint density at radius 1 is 1.00 bits per heavy atom. The zero-order valence-corrected chi connectivity index (χ0v) is 19.6. The van der Waals surface area contributed by atoms with Crippen LogP contribution >= 0.6 is 43.5 Å². The van der Waals surface area contributed by atoms with Crippen molar-refractivity contribution in [2.75, 3.05) is 11.9 Å². The van der Waals surface area contributed by atoms with Gasteiger partial charge in [0.2, 0.25) is 0 Å². The SMILES string of the molecule is CCOc1cc(CNc2ccc(Br)c(Cl)c2)cc(Br)c1OCc1ccccc1F. The first-order valence-electron chi connectivity index (χ1n) is 8.98. The van der Waals surface area contributed by atoms with E-state index < -0.39 is 0 Å². The van der Waals surface area contributed by atoms with Crippen LogP contribution in [0.1, 0.15) is 18.1 Å². The summed E-state index contributed by atoms with van der Waals surface area (Å²) >= 11 is 13.1. The largest absolute Gasteiger partial charge is 0.490 e. The molecule has 0 heterocycles. The van der Waals surface area contributed by atoms with Crippen molar-refractivity contribution in [1.29, 1.82) is 0 Å². The van der Waals surface area contributed by atoms with Crippen LogP contribution in [0.25, 0.3) is 0 Å². The standard InChI is InChI=1S/C22H19Br2ClFNO2/c1-2-28-21-10-14(12-27-16-7-8-17(23)19(25)11-16)9-18(24)22(21)29-13-15-5-3-4-6-20(15)26/h3-11,27H,2,12-13H2,1H3. The normalized spacial score (nSPS) is 10.7. The molecular weight excluding hydrogens is 525 g/mol. The van der Waals surface area contributed by atoms with E-state index in [0.29, 0.717) is 35.2 Å². The van der Waals surface area contributed by atoms with Crippen LogP contribution in [-0.2, 0) is 13.2 Å². The zero-order valence-electron chi connectivity index (χ0n) is 15.6. The quantitative estimate of drug-likeness (QED) is 0.318. The van der Waals surface area contributed by atoms with Gasteiger partial charge in [-0.3, -0.25) is 0 Å². The Labute approximate surface area is 191 Å². The number of halogens is 4. The summed E-state index contributed by atoms with van der Waals surface area (Å²) in [6, 6.07) is 16.1. The fourth-order valence-electron chi connectivity index (χ4n) is 2.70. The van der Waals surface area contributed by atoms with Crippen LogP contribution in [-0.4, -0.2) is 6.61 Å². The predicted octanol–water partition coefficient (Wildman–Crippen LogP) is 7.59. The number of nitrogens with one attached hydrogen (secondary N) is 1. The van der Waals surface area contributed by atoms with Gasteiger partial charge in [0.1, 0.15) is 12.4 Å². The number of anilines is 1. The van der Waals surface area contributed by atoms with Gasteiger partial charge < -0.3 is 14.8 Å². The van der Waals surface area contributed by atoms with Gasteiger partial charge in [-0.2, -0.15) is 0 Å². The smallest absolute Gasteiger partial charge is 0.175 e. The molecule has 29 heavy (non-hydrogen) atoms. The van der Waals surface area contributed by atoms with Crippen LogP contribution < -0.4 is 14.8 Å². The number of benzene rings is 3. The Bertz CT molecular complexity index is 1000. The zero-order chi connectivity index (χ0) is 20.8. The lowest BCUT2D eigenvalue weighted by molar-refractivity contribution is 0.264. The highest BCUT2D eigenvalue weighted by atomic mass is 79.9. The molecule has 152 valence electrons. The average Bonchev–Trinajstić information content (AvgIpc) is 2.70. The van der Waals surface area contributed by atoms with Crippen molar-refractivity contribution in [2.24, 2.45) is 0 Å². The lowest BCUT2D eigenvalue weighted by Gasteiger charge is -2.16. The fraction of sp³-hybridized carbons (Fsp3) is 0.182. The molecule has 0 aliphatic rings. The van der Waals surface area contributed by atoms with Crippen LogP contribution in [0.3, 0.4) is 0 Å². The number of rotatable bonds is 8. The summed E-state index contributed by atoms with van der Waals surface area (Å²) in [7, 11) is 0. The van der Waals surface area contributed by atoms with Crippen molar-refractivity contribution in [1.82, 2.24) is 0 Å². The van der Waals surface area contributed by atoms with Crippen molar-refractivity contribution in [3.8, 4) is 11.5 Å². The van der Waals surface area contributed by atoms with E-state index in [9.17, 15) is 4.39 Å². The van der Waals surface area contributed by atoms with E-state index in [1.165, 1.54) is 6.07 Å². The van der Waals surface area contributed by atoms with Gasteiger partial charge in [-0.1, -0.05) is 29.8 Å². The first-order valence-corrected chi connectivity index (χ1v) is 10.9. The fourth-order valence-corrected chi connectivity index (χ4v) is 3.73. The van der Waals surface area contributed by atoms with E-state index >= 15 is 0 Å². The van der Waals surface area contributed by atoms with Gasteiger partial charge in [0, 0.05) is 22.3 Å². The molecule has 0 fully saturated rings. The van der Waals surface area contributed by atoms with Gasteiger partial charge in [0.05, 0.1) is 16.1 Å². The second-order valence-electron chi connectivity index (χ2n) is 6.20. The molecule has 7 heteroatoms. The molecule has 0 saturated carbocycles. The lowest BCUT2D eigenvalue weighted by atomic mass is 10.2. The van der Waals surface area contributed by atoms with Gasteiger partial charge in [0.25, 0.3) is 0 Å². The van der Waals surface area contributed by atoms with Crippen molar-refractivity contribution in [3.63, 3.8) is 0 Å². The summed E-state index contributed by atoms with van der Waals surface area (Å²) in [4.78, 5) is 0. The molecule has 0 unspecified atom stereocenters. The number of hydrogen-bond donors (Lipinski definition) is 1. The molecule has 3 aromatic rings. The minimum Gasteiger partial charge on any atom is -0.490 e. The van der Waals surface area contributed by atoms with Crippen molar-refractivity contribution in [2.45, 2.75) is 20.1 Å². The van der Waals surface area contributed by atoms with E-state index in [0.717, 1.165) is 20.2 Å². The minimum absolute atomic E-state index is 0.111. The molecule has 0 spiro atoms. The van der Waals surface area contributed by atoms with E-state index in [1.807, 2.05) is 37.3 Å². The highest BCUT2D eigenvalue weighted by molar-refractivity contribution is 9.10. The molecule has 3 rings (SSSR count). The van der Waals surface area contributed by atoms with Gasteiger partial charge in [-0.25, -0.2) is 4.39 Å². The first-order chi connectivity index (χ1) is 14.0. The van der Waals surface area contributed by atoms with Gasteiger partial charge in [-0.15, -0.1) is 0 Å². The summed E-state index contributed by atoms with van der Waals surface area (Å²) in [6.45, 7) is 3.08. The molecule has 0 amide bonds.